The van der Waals surface area contributed by atoms with Gasteiger partial charge in [0.25, 0.3) is 0 Å². The molecule has 2 heterocycles. The first-order valence-corrected chi connectivity index (χ1v) is 13.1. The summed E-state index contributed by atoms with van der Waals surface area (Å²) in [4.78, 5) is 28.1. The Kier molecular flexibility index (Phi) is 9.73. The summed E-state index contributed by atoms with van der Waals surface area (Å²) in [5.74, 6) is 0.150. The minimum atomic E-state index is 0.0752. The second kappa shape index (κ2) is 14.1. The van der Waals surface area contributed by atoms with Gasteiger partial charge in [0, 0.05) is 28.5 Å². The number of benzene rings is 4. The Bertz CT molecular complexity index is 1290. The van der Waals surface area contributed by atoms with Crippen molar-refractivity contribution >= 4 is 22.9 Å². The van der Waals surface area contributed by atoms with Crippen LogP contribution >= 0.6 is 11.3 Å². The van der Waals surface area contributed by atoms with E-state index < -0.39 is 0 Å². The van der Waals surface area contributed by atoms with Gasteiger partial charge in [0.15, 0.2) is 11.6 Å². The van der Waals surface area contributed by atoms with Crippen molar-refractivity contribution in [3.8, 4) is 10.6 Å². The first-order chi connectivity index (χ1) is 18.7. The minimum Gasteiger partial charge on any atom is -0.361 e. The molecule has 6 aromatic rings. The van der Waals surface area contributed by atoms with Gasteiger partial charge in [-0.3, -0.25) is 9.59 Å². The molecule has 0 saturated heterocycles. The van der Waals surface area contributed by atoms with Gasteiger partial charge >= 0.3 is 0 Å². The molecule has 4 heteroatoms. The molecule has 0 saturated carbocycles. The van der Waals surface area contributed by atoms with E-state index in [-0.39, 0.29) is 11.6 Å². The summed E-state index contributed by atoms with van der Waals surface area (Å²) in [5, 5.41) is 2.08. The first-order valence-electron chi connectivity index (χ1n) is 12.2. The molecule has 1 N–H and O–H groups in total. The summed E-state index contributed by atoms with van der Waals surface area (Å²) >= 11 is 1.75. The lowest BCUT2D eigenvalue weighted by Gasteiger charge is -1.99. The lowest BCUT2D eigenvalue weighted by Crippen LogP contribution is -1.99. The molecule has 0 bridgehead atoms. The van der Waals surface area contributed by atoms with Crippen molar-refractivity contribution in [1.29, 1.82) is 0 Å². The van der Waals surface area contributed by atoms with Crippen LogP contribution in [0.4, 0.5) is 0 Å². The summed E-state index contributed by atoms with van der Waals surface area (Å²) in [5.41, 5.74) is 4.14. The number of aromatic nitrogens is 1. The quantitative estimate of drug-likeness (QED) is 0.235. The van der Waals surface area contributed by atoms with Crippen LogP contribution in [0, 0.1) is 0 Å². The van der Waals surface area contributed by atoms with E-state index in [1.807, 2.05) is 134 Å². The molecule has 0 aliphatic carbocycles. The van der Waals surface area contributed by atoms with Crippen LogP contribution in [0.25, 0.3) is 10.6 Å². The highest BCUT2D eigenvalue weighted by Gasteiger charge is 2.07. The molecular weight excluding hydrogens is 486 g/mol. The van der Waals surface area contributed by atoms with Crippen LogP contribution < -0.4 is 0 Å². The Morgan fingerprint density at radius 2 is 0.842 bits per heavy atom. The van der Waals surface area contributed by atoms with Crippen molar-refractivity contribution in [2.45, 2.75) is 0 Å². The Hall–Kier alpha value is -4.80. The van der Waals surface area contributed by atoms with E-state index >= 15 is 0 Å². The van der Waals surface area contributed by atoms with Crippen LogP contribution in [0.5, 0.6) is 0 Å². The van der Waals surface area contributed by atoms with Gasteiger partial charge in [0.2, 0.25) is 0 Å². The number of hydrogen-bond donors (Lipinski definition) is 1. The number of aromatic amines is 1. The fraction of sp³-hybridized carbons (Fsp3) is 0. The van der Waals surface area contributed by atoms with E-state index in [4.69, 9.17) is 0 Å². The Balaban J connectivity index is 0.000000135. The van der Waals surface area contributed by atoms with Crippen LogP contribution in [-0.4, -0.2) is 16.6 Å². The predicted octanol–water partition coefficient (Wildman–Crippen LogP) is 8.58. The summed E-state index contributed by atoms with van der Waals surface area (Å²) in [7, 11) is 0. The van der Waals surface area contributed by atoms with E-state index in [0.29, 0.717) is 0 Å². The van der Waals surface area contributed by atoms with Gasteiger partial charge in [0.05, 0.1) is 10.6 Å². The van der Waals surface area contributed by atoms with E-state index in [9.17, 15) is 9.59 Å². The van der Waals surface area contributed by atoms with Crippen molar-refractivity contribution < 1.29 is 9.59 Å². The van der Waals surface area contributed by atoms with Crippen LogP contribution in [0.1, 0.15) is 31.8 Å². The molecule has 0 aliphatic rings. The predicted molar refractivity (Wildman–Crippen MR) is 157 cm³/mol. The molecule has 3 nitrogen and oxygen atoms in total. The number of carbonyl (C=O) groups excluding carboxylic acids is 2. The van der Waals surface area contributed by atoms with Gasteiger partial charge in [-0.25, -0.2) is 0 Å². The number of nitrogens with one attached hydrogen (secondary N) is 1. The van der Waals surface area contributed by atoms with Crippen LogP contribution in [0.15, 0.2) is 157 Å². The summed E-state index contributed by atoms with van der Waals surface area (Å²) in [6.07, 6.45) is 1.94. The van der Waals surface area contributed by atoms with Crippen molar-refractivity contribution in [1.82, 2.24) is 4.98 Å². The van der Waals surface area contributed by atoms with Crippen LogP contribution in [0.2, 0.25) is 0 Å². The third-order valence-electron chi connectivity index (χ3n) is 5.53. The smallest absolute Gasteiger partial charge is 0.193 e. The minimum absolute atomic E-state index is 0.0752. The molecule has 186 valence electrons. The van der Waals surface area contributed by atoms with E-state index in [1.54, 1.807) is 11.3 Å². The lowest BCUT2D eigenvalue weighted by atomic mass is 10.0. The Labute approximate surface area is 227 Å². The summed E-state index contributed by atoms with van der Waals surface area (Å²) in [6, 6.07) is 45.5. The standard InChI is InChI=1S/2C13H10O.C8H7NS/c2*14-13(11-7-3-1-4-8-11)12-9-5-2-6-10-12;1-3-7(9-5-1)8-4-2-6-10-8/h2*1-10H;1-6,9H. The van der Waals surface area contributed by atoms with E-state index in [1.165, 1.54) is 10.6 Å². The molecule has 0 unspecified atom stereocenters. The number of hydrogen-bond acceptors (Lipinski definition) is 3. The largest absolute Gasteiger partial charge is 0.361 e. The van der Waals surface area contributed by atoms with Crippen molar-refractivity contribution in [3.05, 3.63) is 179 Å². The van der Waals surface area contributed by atoms with E-state index in [0.717, 1.165) is 22.3 Å². The Morgan fingerprint density at radius 3 is 1.13 bits per heavy atom. The second-order valence-electron chi connectivity index (χ2n) is 8.18. The topological polar surface area (TPSA) is 49.9 Å². The summed E-state index contributed by atoms with van der Waals surface area (Å²) in [6.45, 7) is 0. The zero-order valence-corrected chi connectivity index (χ0v) is 21.6. The molecule has 6 rings (SSSR count). The van der Waals surface area contributed by atoms with Crippen LogP contribution in [0.3, 0.4) is 0 Å². The SMILES string of the molecule is O=C(c1ccccc1)c1ccccc1.O=C(c1ccccc1)c1ccccc1.c1c[nH]c(-c2cccs2)c1. The monoisotopic (exact) mass is 513 g/mol. The number of rotatable bonds is 5. The van der Waals surface area contributed by atoms with Crippen LogP contribution in [-0.2, 0) is 0 Å². The molecule has 0 radical (unpaired) electrons. The molecule has 0 fully saturated rings. The third kappa shape index (κ3) is 7.60. The number of H-pyrrole nitrogens is 1. The third-order valence-corrected chi connectivity index (χ3v) is 6.43. The molecule has 2 aromatic heterocycles. The van der Waals surface area contributed by atoms with Gasteiger partial charge in [-0.1, -0.05) is 127 Å². The zero-order chi connectivity index (χ0) is 26.4. The highest BCUT2D eigenvalue weighted by molar-refractivity contribution is 7.13. The zero-order valence-electron chi connectivity index (χ0n) is 20.7. The molecule has 0 aliphatic heterocycles. The van der Waals surface area contributed by atoms with E-state index in [2.05, 4.69) is 28.6 Å². The average Bonchev–Trinajstić information content (AvgIpc) is 3.74. The highest BCUT2D eigenvalue weighted by Crippen LogP contribution is 2.21. The van der Waals surface area contributed by atoms with Crippen molar-refractivity contribution in [2.75, 3.05) is 0 Å². The van der Waals surface area contributed by atoms with Gasteiger partial charge in [-0.05, 0) is 23.6 Å². The average molecular weight is 514 g/mol. The van der Waals surface area contributed by atoms with Gasteiger partial charge < -0.3 is 4.98 Å². The first kappa shape index (κ1) is 26.3. The van der Waals surface area contributed by atoms with Gasteiger partial charge in [-0.15, -0.1) is 11.3 Å². The Morgan fingerprint density at radius 1 is 0.447 bits per heavy atom. The van der Waals surface area contributed by atoms with Gasteiger partial charge in [-0.2, -0.15) is 0 Å². The fourth-order valence-corrected chi connectivity index (χ4v) is 4.32. The van der Waals surface area contributed by atoms with Crippen molar-refractivity contribution in [2.24, 2.45) is 0 Å². The van der Waals surface area contributed by atoms with Crippen molar-refractivity contribution in [3.63, 3.8) is 0 Å². The lowest BCUT2D eigenvalue weighted by molar-refractivity contribution is 0.103. The maximum Gasteiger partial charge on any atom is 0.193 e. The normalized spacial score (nSPS) is 9.79. The fourth-order valence-electron chi connectivity index (χ4n) is 3.61. The van der Waals surface area contributed by atoms with Gasteiger partial charge in [0.1, 0.15) is 0 Å². The maximum absolute atomic E-state index is 11.8. The number of thiophene rings is 1. The molecule has 4 aromatic carbocycles. The molecular formula is C34H27NO2S. The molecule has 0 spiro atoms. The maximum atomic E-state index is 11.8. The number of ketones is 2. The molecule has 0 amide bonds. The molecule has 38 heavy (non-hydrogen) atoms. The highest BCUT2D eigenvalue weighted by atomic mass is 32.1. The molecule has 0 atom stereocenters. The summed E-state index contributed by atoms with van der Waals surface area (Å²) < 4.78 is 0. The number of carbonyl (C=O) groups is 2. The second-order valence-corrected chi connectivity index (χ2v) is 9.13.